The quantitative estimate of drug-likeness (QED) is 0.588. The number of Topliss-reactive ketones (excluding diaryl/α,β-unsaturated/α-hetero) is 1. The Morgan fingerprint density at radius 3 is 2.46 bits per heavy atom. The van der Waals surface area contributed by atoms with Gasteiger partial charge >= 0.3 is 7.12 Å². The van der Waals surface area contributed by atoms with Crippen LogP contribution in [-0.4, -0.2) is 36.2 Å². The van der Waals surface area contributed by atoms with Crippen LogP contribution < -0.4 is 10.2 Å². The molecular formula is C21H23BN2O4. The first-order chi connectivity index (χ1) is 13.2. The van der Waals surface area contributed by atoms with E-state index in [1.807, 2.05) is 27.7 Å². The summed E-state index contributed by atoms with van der Waals surface area (Å²) in [6, 6.07) is 10.5. The summed E-state index contributed by atoms with van der Waals surface area (Å²) < 4.78 is 17.7. The van der Waals surface area contributed by atoms with E-state index in [9.17, 15) is 4.79 Å². The molecule has 6 nitrogen and oxygen atoms in total. The molecule has 1 aliphatic rings. The molecule has 1 aromatic heterocycles. The fourth-order valence-electron chi connectivity index (χ4n) is 2.96. The van der Waals surface area contributed by atoms with Crippen molar-refractivity contribution in [1.82, 2.24) is 4.98 Å². The molecule has 7 heteroatoms. The molecule has 2 aromatic rings. The molecule has 0 radical (unpaired) electrons. The maximum Gasteiger partial charge on any atom is 0.498 e. The Kier molecular flexibility index (Phi) is 5.29. The number of carbonyl (C=O) groups is 1. The second-order valence-corrected chi connectivity index (χ2v) is 7.79. The van der Waals surface area contributed by atoms with E-state index >= 15 is 0 Å². The topological polar surface area (TPSA) is 81.4 Å². The number of nitrogens with zero attached hydrogens (tertiary/aromatic N) is 2. The third kappa shape index (κ3) is 3.79. The normalized spacial score (nSPS) is 17.2. The zero-order valence-electron chi connectivity index (χ0n) is 16.8. The second kappa shape index (κ2) is 7.38. The number of pyridine rings is 1. The number of hydrogen-bond acceptors (Lipinski definition) is 6. The Labute approximate surface area is 165 Å². The number of methoxy groups -OCH3 is 1. The van der Waals surface area contributed by atoms with Gasteiger partial charge in [-0.2, -0.15) is 5.26 Å². The van der Waals surface area contributed by atoms with E-state index in [0.717, 1.165) is 5.46 Å². The lowest BCUT2D eigenvalue weighted by Gasteiger charge is -2.32. The average Bonchev–Trinajstić information content (AvgIpc) is 2.88. The van der Waals surface area contributed by atoms with Crippen molar-refractivity contribution < 1.29 is 18.8 Å². The van der Waals surface area contributed by atoms with Crippen LogP contribution >= 0.6 is 0 Å². The molecule has 1 saturated heterocycles. The van der Waals surface area contributed by atoms with Gasteiger partial charge in [-0.05, 0) is 45.9 Å². The molecule has 0 aliphatic carbocycles. The minimum Gasteiger partial charge on any atom is -0.497 e. The first kappa shape index (κ1) is 20.1. The van der Waals surface area contributed by atoms with Gasteiger partial charge in [0.15, 0.2) is 5.78 Å². The van der Waals surface area contributed by atoms with Crippen molar-refractivity contribution in [3.05, 3.63) is 53.3 Å². The summed E-state index contributed by atoms with van der Waals surface area (Å²) >= 11 is 0. The van der Waals surface area contributed by atoms with Gasteiger partial charge in [0.25, 0.3) is 0 Å². The molecule has 2 heterocycles. The van der Waals surface area contributed by atoms with Gasteiger partial charge in [0.2, 0.25) is 0 Å². The van der Waals surface area contributed by atoms with Crippen molar-refractivity contribution in [2.24, 2.45) is 0 Å². The van der Waals surface area contributed by atoms with Crippen molar-refractivity contribution >= 4 is 18.4 Å². The molecule has 28 heavy (non-hydrogen) atoms. The molecule has 144 valence electrons. The molecule has 1 aromatic carbocycles. The summed E-state index contributed by atoms with van der Waals surface area (Å²) in [6.45, 7) is 7.94. The standard InChI is InChI=1S/C21H23BN2O4/c1-20(2)21(3,4)28-22(27-20)17-7-6-15(11-19(17)26-5)18(25)12-16-10-14(13-23)8-9-24-16/h6-11H,12H2,1-5H3. The lowest BCUT2D eigenvalue weighted by atomic mass is 9.77. The molecule has 0 saturated carbocycles. The number of rotatable bonds is 5. The number of ether oxygens (including phenoxy) is 1. The zero-order chi connectivity index (χ0) is 20.5. The van der Waals surface area contributed by atoms with Crippen LogP contribution in [0.3, 0.4) is 0 Å². The molecule has 0 atom stereocenters. The third-order valence-electron chi connectivity index (χ3n) is 5.35. The Hall–Kier alpha value is -2.69. The molecule has 0 spiro atoms. The van der Waals surface area contributed by atoms with Crippen LogP contribution in [0.5, 0.6) is 5.75 Å². The molecule has 0 unspecified atom stereocenters. The minimum atomic E-state index is -0.571. The molecule has 0 N–H and O–H groups in total. The monoisotopic (exact) mass is 378 g/mol. The fourth-order valence-corrected chi connectivity index (χ4v) is 2.96. The SMILES string of the molecule is COc1cc(C(=O)Cc2cc(C#N)ccn2)ccc1B1OC(C)(C)C(C)(C)O1. The number of benzene rings is 1. The first-order valence-corrected chi connectivity index (χ1v) is 9.08. The van der Waals surface area contributed by atoms with E-state index in [1.54, 1.807) is 37.4 Å². The summed E-state index contributed by atoms with van der Waals surface area (Å²) in [5, 5.41) is 8.99. The van der Waals surface area contributed by atoms with Crippen LogP contribution in [0.2, 0.25) is 0 Å². The highest BCUT2D eigenvalue weighted by molar-refractivity contribution is 6.63. The Morgan fingerprint density at radius 1 is 1.18 bits per heavy atom. The van der Waals surface area contributed by atoms with Crippen LogP contribution in [0, 0.1) is 11.3 Å². The van der Waals surface area contributed by atoms with Gasteiger partial charge < -0.3 is 14.0 Å². The van der Waals surface area contributed by atoms with E-state index in [0.29, 0.717) is 22.6 Å². The highest BCUT2D eigenvalue weighted by atomic mass is 16.7. The Balaban J connectivity index is 1.83. The van der Waals surface area contributed by atoms with Gasteiger partial charge in [-0.25, -0.2) is 0 Å². The van der Waals surface area contributed by atoms with E-state index in [4.69, 9.17) is 19.3 Å². The van der Waals surface area contributed by atoms with Gasteiger partial charge in [-0.3, -0.25) is 9.78 Å². The smallest absolute Gasteiger partial charge is 0.497 e. The zero-order valence-corrected chi connectivity index (χ0v) is 16.8. The lowest BCUT2D eigenvalue weighted by Crippen LogP contribution is -2.41. The number of aromatic nitrogens is 1. The first-order valence-electron chi connectivity index (χ1n) is 9.08. The summed E-state index contributed by atoms with van der Waals surface area (Å²) in [6.07, 6.45) is 1.64. The maximum atomic E-state index is 12.7. The minimum absolute atomic E-state index is 0.106. The van der Waals surface area contributed by atoms with Gasteiger partial charge in [0, 0.05) is 22.9 Å². The van der Waals surface area contributed by atoms with Gasteiger partial charge in [0.05, 0.1) is 36.4 Å². The highest BCUT2D eigenvalue weighted by Gasteiger charge is 2.52. The highest BCUT2D eigenvalue weighted by Crippen LogP contribution is 2.37. The van der Waals surface area contributed by atoms with Gasteiger partial charge in [-0.15, -0.1) is 0 Å². The van der Waals surface area contributed by atoms with Gasteiger partial charge in [-0.1, -0.05) is 12.1 Å². The Morgan fingerprint density at radius 2 is 1.86 bits per heavy atom. The lowest BCUT2D eigenvalue weighted by molar-refractivity contribution is 0.00578. The maximum absolute atomic E-state index is 12.7. The van der Waals surface area contributed by atoms with Crippen LogP contribution in [0.15, 0.2) is 36.5 Å². The predicted molar refractivity (Wildman–Crippen MR) is 106 cm³/mol. The summed E-state index contributed by atoms with van der Waals surface area (Å²) in [5.41, 5.74) is 1.34. The molecular weight excluding hydrogens is 355 g/mol. The number of carbonyl (C=O) groups excluding carboxylic acids is 1. The summed E-state index contributed by atoms with van der Waals surface area (Å²) in [5.74, 6) is 0.421. The van der Waals surface area contributed by atoms with Gasteiger partial charge in [0.1, 0.15) is 5.75 Å². The van der Waals surface area contributed by atoms with Crippen molar-refractivity contribution in [1.29, 1.82) is 5.26 Å². The van der Waals surface area contributed by atoms with Crippen molar-refractivity contribution in [3.63, 3.8) is 0 Å². The molecule has 3 rings (SSSR count). The molecule has 1 fully saturated rings. The second-order valence-electron chi connectivity index (χ2n) is 7.79. The number of nitriles is 1. The molecule has 0 bridgehead atoms. The van der Waals surface area contributed by atoms with Crippen LogP contribution in [-0.2, 0) is 15.7 Å². The van der Waals surface area contributed by atoms with E-state index in [2.05, 4.69) is 11.1 Å². The van der Waals surface area contributed by atoms with E-state index in [1.165, 1.54) is 6.20 Å². The predicted octanol–water partition coefficient (Wildman–Crippen LogP) is 2.69. The largest absolute Gasteiger partial charge is 0.498 e. The number of hydrogen-bond donors (Lipinski definition) is 0. The van der Waals surface area contributed by atoms with Crippen molar-refractivity contribution in [2.75, 3.05) is 7.11 Å². The number of ketones is 1. The summed E-state index contributed by atoms with van der Waals surface area (Å²) in [7, 11) is 0.981. The van der Waals surface area contributed by atoms with Crippen LogP contribution in [0.4, 0.5) is 0 Å². The average molecular weight is 378 g/mol. The van der Waals surface area contributed by atoms with Crippen molar-refractivity contribution in [3.8, 4) is 11.8 Å². The molecule has 1 aliphatic heterocycles. The van der Waals surface area contributed by atoms with Crippen molar-refractivity contribution in [2.45, 2.75) is 45.3 Å². The fraction of sp³-hybridized carbons (Fsp3) is 0.381. The van der Waals surface area contributed by atoms with Crippen LogP contribution in [0.1, 0.15) is 49.3 Å². The summed E-state index contributed by atoms with van der Waals surface area (Å²) in [4.78, 5) is 16.8. The molecule has 0 amide bonds. The Bertz CT molecular complexity index is 934. The van der Waals surface area contributed by atoms with Crippen LogP contribution in [0.25, 0.3) is 0 Å². The van der Waals surface area contributed by atoms with E-state index < -0.39 is 18.3 Å². The van der Waals surface area contributed by atoms with E-state index in [-0.39, 0.29) is 12.2 Å². The third-order valence-corrected chi connectivity index (χ3v) is 5.35.